The van der Waals surface area contributed by atoms with Crippen molar-refractivity contribution in [3.8, 4) is 17.2 Å². The Hall–Kier alpha value is -4.05. The Kier molecular flexibility index (Phi) is 7.24. The van der Waals surface area contributed by atoms with Gasteiger partial charge in [0.05, 0.1) is 25.4 Å². The molecule has 2 N–H and O–H groups in total. The van der Waals surface area contributed by atoms with Crippen molar-refractivity contribution in [1.82, 2.24) is 25.1 Å². The first-order valence-electron chi connectivity index (χ1n) is 12.7. The Morgan fingerprint density at radius 1 is 1.11 bits per heavy atom. The molecule has 2 aromatic carbocycles. The predicted octanol–water partition coefficient (Wildman–Crippen LogP) is 2.12. The highest BCUT2D eigenvalue weighted by Crippen LogP contribution is 2.29. The maximum atomic E-state index is 13.3. The SMILES string of the molecule is COc1ccc2cc1OCC(=O)NCc1ccc(cc1)O[C@H]1CN(Cc3nc(C)c(C)n3C)C[C@@H]1NC2=O. The van der Waals surface area contributed by atoms with Crippen molar-refractivity contribution in [3.05, 3.63) is 70.8 Å². The molecule has 3 aromatic rings. The Bertz CT molecular complexity index is 1340. The van der Waals surface area contributed by atoms with Crippen LogP contribution in [0.3, 0.4) is 0 Å². The largest absolute Gasteiger partial charge is 0.493 e. The maximum absolute atomic E-state index is 13.3. The third kappa shape index (κ3) is 5.45. The topological polar surface area (TPSA) is 107 Å². The van der Waals surface area contributed by atoms with E-state index in [1.165, 1.54) is 7.11 Å². The van der Waals surface area contributed by atoms with E-state index in [0.717, 1.165) is 22.8 Å². The third-order valence-corrected chi connectivity index (χ3v) is 7.22. The van der Waals surface area contributed by atoms with Gasteiger partial charge in [0.15, 0.2) is 18.1 Å². The van der Waals surface area contributed by atoms with Gasteiger partial charge in [0, 0.05) is 37.9 Å². The van der Waals surface area contributed by atoms with Gasteiger partial charge in [0.2, 0.25) is 0 Å². The summed E-state index contributed by atoms with van der Waals surface area (Å²) in [6, 6.07) is 12.3. The molecule has 0 aliphatic carbocycles. The number of hydrogen-bond acceptors (Lipinski definition) is 7. The zero-order chi connectivity index (χ0) is 26.8. The number of carbonyl (C=O) groups excluding carboxylic acids is 2. The average molecular weight is 520 g/mol. The van der Waals surface area contributed by atoms with Crippen molar-refractivity contribution < 1.29 is 23.8 Å². The Morgan fingerprint density at radius 2 is 1.89 bits per heavy atom. The van der Waals surface area contributed by atoms with Crippen molar-refractivity contribution >= 4 is 11.8 Å². The maximum Gasteiger partial charge on any atom is 0.258 e. The van der Waals surface area contributed by atoms with Gasteiger partial charge < -0.3 is 29.4 Å². The number of ether oxygens (including phenoxy) is 3. The summed E-state index contributed by atoms with van der Waals surface area (Å²) in [4.78, 5) is 32.7. The van der Waals surface area contributed by atoms with Crippen LogP contribution in [0, 0.1) is 13.8 Å². The Balaban J connectivity index is 1.43. The fourth-order valence-electron chi connectivity index (χ4n) is 4.80. The number of rotatable bonds is 3. The number of methoxy groups -OCH3 is 1. The van der Waals surface area contributed by atoms with Crippen molar-refractivity contribution in [2.45, 2.75) is 39.1 Å². The molecule has 4 bridgehead atoms. The van der Waals surface area contributed by atoms with E-state index in [0.29, 0.717) is 49.0 Å². The van der Waals surface area contributed by atoms with Gasteiger partial charge in [-0.3, -0.25) is 14.5 Å². The van der Waals surface area contributed by atoms with E-state index < -0.39 is 0 Å². The quantitative estimate of drug-likeness (QED) is 0.546. The second-order valence-electron chi connectivity index (χ2n) is 9.76. The molecule has 10 heteroatoms. The van der Waals surface area contributed by atoms with E-state index in [1.807, 2.05) is 38.2 Å². The lowest BCUT2D eigenvalue weighted by molar-refractivity contribution is -0.123. The van der Waals surface area contributed by atoms with Crippen LogP contribution < -0.4 is 24.8 Å². The lowest BCUT2D eigenvalue weighted by Crippen LogP contribution is -2.45. The highest BCUT2D eigenvalue weighted by atomic mass is 16.5. The molecule has 200 valence electrons. The number of carbonyl (C=O) groups is 2. The standard InChI is InChI=1S/C28H33N5O5/c1-17-18(2)32(3)26(30-17)15-33-13-22-25(14-33)38-21-8-5-19(6-9-21)12-29-27(34)16-37-24-11-20(28(35)31-22)7-10-23(24)36-4/h5-11,22,25H,12-16H2,1-4H3,(H,29,34)(H,31,35)/t22-,25-/m0/s1. The molecule has 1 aromatic heterocycles. The van der Waals surface area contributed by atoms with Crippen LogP contribution in [0.25, 0.3) is 0 Å². The number of amides is 2. The third-order valence-electron chi connectivity index (χ3n) is 7.22. The summed E-state index contributed by atoms with van der Waals surface area (Å²) in [6.07, 6.45) is -0.267. The van der Waals surface area contributed by atoms with Gasteiger partial charge in [-0.15, -0.1) is 0 Å². The molecule has 3 aliphatic heterocycles. The number of nitrogens with zero attached hydrogens (tertiary/aromatic N) is 3. The highest BCUT2D eigenvalue weighted by molar-refractivity contribution is 5.95. The van der Waals surface area contributed by atoms with E-state index in [4.69, 9.17) is 19.2 Å². The van der Waals surface area contributed by atoms with Crippen LogP contribution in [0.1, 0.15) is 33.1 Å². The van der Waals surface area contributed by atoms with E-state index in [-0.39, 0.29) is 30.6 Å². The number of likely N-dealkylation sites (tertiary alicyclic amines) is 1. The van der Waals surface area contributed by atoms with Crippen molar-refractivity contribution in [2.75, 3.05) is 26.8 Å². The van der Waals surface area contributed by atoms with Crippen LogP contribution in [0.15, 0.2) is 42.5 Å². The van der Waals surface area contributed by atoms with E-state index >= 15 is 0 Å². The number of hydrogen-bond donors (Lipinski definition) is 2. The summed E-state index contributed by atoms with van der Waals surface area (Å²) >= 11 is 0. The molecule has 0 radical (unpaired) electrons. The first kappa shape index (κ1) is 25.6. The van der Waals surface area contributed by atoms with Gasteiger partial charge >= 0.3 is 0 Å². The van der Waals surface area contributed by atoms with Gasteiger partial charge in [0.1, 0.15) is 17.7 Å². The lowest BCUT2D eigenvalue weighted by atomic mass is 10.1. The molecule has 2 amide bonds. The molecule has 10 nitrogen and oxygen atoms in total. The number of aryl methyl sites for hydroxylation is 1. The average Bonchev–Trinajstić information content (AvgIpc) is 3.40. The van der Waals surface area contributed by atoms with Crippen molar-refractivity contribution in [2.24, 2.45) is 7.05 Å². The molecule has 4 heterocycles. The minimum absolute atomic E-state index is 0.200. The molecule has 0 unspecified atom stereocenters. The van der Waals surface area contributed by atoms with E-state index in [9.17, 15) is 9.59 Å². The molecule has 2 atom stereocenters. The summed E-state index contributed by atoms with van der Waals surface area (Å²) in [5.41, 5.74) is 3.50. The minimum Gasteiger partial charge on any atom is -0.493 e. The van der Waals surface area contributed by atoms with Crippen LogP contribution >= 0.6 is 0 Å². The molecule has 3 aliphatic rings. The Labute approximate surface area is 221 Å². The summed E-state index contributed by atoms with van der Waals surface area (Å²) in [5.74, 6) is 1.91. The lowest BCUT2D eigenvalue weighted by Gasteiger charge is -2.21. The molecule has 1 fully saturated rings. The predicted molar refractivity (Wildman–Crippen MR) is 140 cm³/mol. The van der Waals surface area contributed by atoms with Crippen LogP contribution in [0.2, 0.25) is 0 Å². The molecule has 38 heavy (non-hydrogen) atoms. The van der Waals surface area contributed by atoms with Gasteiger partial charge in [0.25, 0.3) is 11.8 Å². The van der Waals surface area contributed by atoms with Crippen LogP contribution in [0.4, 0.5) is 0 Å². The van der Waals surface area contributed by atoms with Crippen LogP contribution in [-0.2, 0) is 24.9 Å². The molecular formula is C28H33N5O5. The van der Waals surface area contributed by atoms with Gasteiger partial charge in [-0.2, -0.15) is 0 Å². The van der Waals surface area contributed by atoms with Crippen molar-refractivity contribution in [1.29, 1.82) is 0 Å². The minimum atomic E-state index is -0.278. The number of aromatic nitrogens is 2. The monoisotopic (exact) mass is 519 g/mol. The first-order valence-corrected chi connectivity index (χ1v) is 12.7. The fourth-order valence-corrected chi connectivity index (χ4v) is 4.80. The molecule has 0 spiro atoms. The molecular weight excluding hydrogens is 486 g/mol. The zero-order valence-electron chi connectivity index (χ0n) is 22.1. The van der Waals surface area contributed by atoms with Crippen LogP contribution in [0.5, 0.6) is 17.2 Å². The normalized spacial score (nSPS) is 20.1. The van der Waals surface area contributed by atoms with Gasteiger partial charge in [-0.1, -0.05) is 12.1 Å². The summed E-state index contributed by atoms with van der Waals surface area (Å²) in [6.45, 7) is 6.12. The first-order chi connectivity index (χ1) is 18.3. The highest BCUT2D eigenvalue weighted by Gasteiger charge is 2.36. The van der Waals surface area contributed by atoms with E-state index in [1.54, 1.807) is 18.2 Å². The van der Waals surface area contributed by atoms with E-state index in [2.05, 4.69) is 27.0 Å². The summed E-state index contributed by atoms with van der Waals surface area (Å²) in [7, 11) is 3.54. The molecule has 6 rings (SSSR count). The number of nitrogens with one attached hydrogen (secondary N) is 2. The second kappa shape index (κ2) is 10.7. The molecule has 0 saturated carbocycles. The second-order valence-corrected chi connectivity index (χ2v) is 9.76. The molecule has 1 saturated heterocycles. The summed E-state index contributed by atoms with van der Waals surface area (Å²) < 4.78 is 19.6. The van der Waals surface area contributed by atoms with Crippen molar-refractivity contribution in [3.63, 3.8) is 0 Å². The fraction of sp³-hybridized carbons (Fsp3) is 0.393. The Morgan fingerprint density at radius 3 is 2.61 bits per heavy atom. The smallest absolute Gasteiger partial charge is 0.258 e. The number of imidazole rings is 1. The zero-order valence-corrected chi connectivity index (χ0v) is 22.1. The van der Waals surface area contributed by atoms with Crippen LogP contribution in [-0.4, -0.2) is 65.2 Å². The number of fused-ring (bicyclic) bond motifs is 7. The number of benzene rings is 2. The van der Waals surface area contributed by atoms with Gasteiger partial charge in [-0.05, 0) is 49.7 Å². The van der Waals surface area contributed by atoms with Gasteiger partial charge in [-0.25, -0.2) is 4.98 Å². The summed E-state index contributed by atoms with van der Waals surface area (Å²) in [5, 5.41) is 6.00.